The molecule has 12 heteroatoms. The Labute approximate surface area is 189 Å². The number of nitrogens with zero attached hydrogens (tertiary/aromatic N) is 1. The van der Waals surface area contributed by atoms with Crippen molar-refractivity contribution in [3.63, 3.8) is 0 Å². The zero-order valence-corrected chi connectivity index (χ0v) is 18.5. The van der Waals surface area contributed by atoms with Crippen LogP contribution in [0.4, 0.5) is 11.4 Å². The molecule has 1 unspecified atom stereocenters. The van der Waals surface area contributed by atoms with E-state index in [1.807, 2.05) is 0 Å². The topological polar surface area (TPSA) is 96.3 Å². The van der Waals surface area contributed by atoms with E-state index in [1.165, 1.54) is 24.3 Å². The lowest BCUT2D eigenvalue weighted by Crippen LogP contribution is -2.56. The summed E-state index contributed by atoms with van der Waals surface area (Å²) >= 11 is 26.3. The summed E-state index contributed by atoms with van der Waals surface area (Å²) in [5.74, 6) is -0.803. The van der Waals surface area contributed by atoms with Crippen molar-refractivity contribution in [2.24, 2.45) is 0 Å². The normalized spacial score (nSPS) is 12.0. The maximum atomic E-state index is 12.5. The number of carbonyl (C=O) groups excluding carboxylic acids is 1. The zero-order valence-electron chi connectivity index (χ0n) is 13.8. The van der Waals surface area contributed by atoms with Gasteiger partial charge in [-0.1, -0.05) is 62.9 Å². The van der Waals surface area contributed by atoms with Gasteiger partial charge in [0.1, 0.15) is 11.7 Å². The second kappa shape index (κ2) is 9.71. The fourth-order valence-corrected chi connectivity index (χ4v) is 2.89. The molecule has 2 aromatic carbocycles. The van der Waals surface area contributed by atoms with E-state index < -0.39 is 20.8 Å². The molecule has 0 spiro atoms. The predicted octanol–water partition coefficient (Wildman–Crippen LogP) is 4.77. The van der Waals surface area contributed by atoms with Gasteiger partial charge in [0.05, 0.1) is 4.92 Å². The van der Waals surface area contributed by atoms with Crippen molar-refractivity contribution >= 4 is 85.3 Å². The van der Waals surface area contributed by atoms with E-state index in [2.05, 4.69) is 31.9 Å². The van der Waals surface area contributed by atoms with Crippen LogP contribution in [0.25, 0.3) is 0 Å². The van der Waals surface area contributed by atoms with Crippen LogP contribution < -0.4 is 16.0 Å². The molecule has 1 amide bonds. The molecule has 3 N–H and O–H groups in total. The van der Waals surface area contributed by atoms with Gasteiger partial charge in [-0.3, -0.25) is 14.9 Å². The molecular weight excluding hydrogens is 515 g/mol. The zero-order chi connectivity index (χ0) is 20.9. The van der Waals surface area contributed by atoms with Crippen LogP contribution in [0.5, 0.6) is 0 Å². The molecule has 0 bridgehead atoms. The summed E-state index contributed by atoms with van der Waals surface area (Å²) in [6.07, 6.45) is -1.26. The van der Waals surface area contributed by atoms with Crippen LogP contribution in [0, 0.1) is 10.1 Å². The summed E-state index contributed by atoms with van der Waals surface area (Å²) in [7, 11) is 0. The van der Waals surface area contributed by atoms with Gasteiger partial charge in [0, 0.05) is 16.2 Å². The largest absolute Gasteiger partial charge is 0.339 e. The van der Waals surface area contributed by atoms with Gasteiger partial charge in [-0.25, -0.2) is 0 Å². The summed E-state index contributed by atoms with van der Waals surface area (Å²) in [5.41, 5.74) is 0.104. The highest BCUT2D eigenvalue weighted by molar-refractivity contribution is 9.10. The van der Waals surface area contributed by atoms with Crippen molar-refractivity contribution in [1.82, 2.24) is 10.6 Å². The smallest absolute Gasteiger partial charge is 0.282 e. The Kier molecular flexibility index (Phi) is 7.85. The van der Waals surface area contributed by atoms with Crippen molar-refractivity contribution in [3.05, 3.63) is 68.7 Å². The second-order valence-corrected chi connectivity index (χ2v) is 9.02. The molecule has 0 aliphatic heterocycles. The van der Waals surface area contributed by atoms with Gasteiger partial charge in [0.25, 0.3) is 11.6 Å². The van der Waals surface area contributed by atoms with Crippen molar-refractivity contribution in [2.75, 3.05) is 5.32 Å². The fourth-order valence-electron chi connectivity index (χ4n) is 2.06. The average Bonchev–Trinajstić information content (AvgIpc) is 2.62. The summed E-state index contributed by atoms with van der Waals surface area (Å²) < 4.78 is -1.11. The van der Waals surface area contributed by atoms with Crippen molar-refractivity contribution in [1.29, 1.82) is 0 Å². The number of rotatable bonds is 5. The molecule has 0 radical (unpaired) electrons. The van der Waals surface area contributed by atoms with E-state index in [0.717, 1.165) is 4.47 Å². The number of nitro groups is 1. The fraction of sp³-hybridized carbons (Fsp3) is 0.125. The molecule has 148 valence electrons. The average molecular weight is 527 g/mol. The summed E-state index contributed by atoms with van der Waals surface area (Å²) in [4.78, 5) is 22.9. The number of para-hydroxylation sites is 1. The minimum Gasteiger partial charge on any atom is -0.339 e. The van der Waals surface area contributed by atoms with Crippen LogP contribution >= 0.6 is 63.0 Å². The highest BCUT2D eigenvalue weighted by atomic mass is 79.9. The predicted molar refractivity (Wildman–Crippen MR) is 118 cm³/mol. The molecule has 0 saturated carbocycles. The highest BCUT2D eigenvalue weighted by Crippen LogP contribution is 2.30. The molecule has 2 aromatic rings. The van der Waals surface area contributed by atoms with E-state index >= 15 is 0 Å². The van der Waals surface area contributed by atoms with E-state index in [0.29, 0.717) is 5.69 Å². The standard InChI is InChI=1S/C16H12BrCl3N4O3S/c17-9-5-7-10(8-6-9)21-15(28)23-14(16(18,19)20)22-13(25)11-3-1-2-4-12(11)24(26)27/h1-8,14H,(H,22,25)(H2,21,23,28). The Morgan fingerprint density at radius 2 is 1.71 bits per heavy atom. The van der Waals surface area contributed by atoms with Gasteiger partial charge in [0.15, 0.2) is 5.11 Å². The van der Waals surface area contributed by atoms with Crippen molar-refractivity contribution in [2.45, 2.75) is 9.96 Å². The van der Waals surface area contributed by atoms with Crippen molar-refractivity contribution in [3.8, 4) is 0 Å². The first-order valence-electron chi connectivity index (χ1n) is 7.52. The van der Waals surface area contributed by atoms with Crippen LogP contribution in [0.15, 0.2) is 53.0 Å². The molecule has 2 rings (SSSR count). The number of carbonyl (C=O) groups is 1. The lowest BCUT2D eigenvalue weighted by Gasteiger charge is -2.27. The first-order valence-corrected chi connectivity index (χ1v) is 9.85. The summed E-state index contributed by atoms with van der Waals surface area (Å²) in [5, 5.41) is 19.2. The van der Waals surface area contributed by atoms with Crippen LogP contribution in [0.2, 0.25) is 0 Å². The number of benzene rings is 2. The third-order valence-electron chi connectivity index (χ3n) is 3.33. The van der Waals surface area contributed by atoms with E-state index in [9.17, 15) is 14.9 Å². The van der Waals surface area contributed by atoms with Crippen LogP contribution in [-0.4, -0.2) is 25.9 Å². The molecular formula is C16H12BrCl3N4O3S. The third kappa shape index (κ3) is 6.46. The number of anilines is 1. The molecule has 0 heterocycles. The minimum absolute atomic E-state index is 0.0708. The first-order chi connectivity index (χ1) is 13.1. The van der Waals surface area contributed by atoms with Gasteiger partial charge in [0.2, 0.25) is 3.79 Å². The SMILES string of the molecule is O=C(NC(NC(=S)Nc1ccc(Br)cc1)C(Cl)(Cl)Cl)c1ccccc1[N+](=O)[O-]. The summed E-state index contributed by atoms with van der Waals surface area (Å²) in [6.45, 7) is 0. The summed E-state index contributed by atoms with van der Waals surface area (Å²) in [6, 6.07) is 12.5. The van der Waals surface area contributed by atoms with Crippen LogP contribution in [0.3, 0.4) is 0 Å². The Hall–Kier alpha value is -1.65. The maximum Gasteiger partial charge on any atom is 0.282 e. The monoisotopic (exact) mass is 524 g/mol. The van der Waals surface area contributed by atoms with E-state index in [-0.39, 0.29) is 16.4 Å². The third-order valence-corrected chi connectivity index (χ3v) is 4.73. The van der Waals surface area contributed by atoms with Gasteiger partial charge in [-0.2, -0.15) is 0 Å². The minimum atomic E-state index is -2.00. The lowest BCUT2D eigenvalue weighted by atomic mass is 10.1. The van der Waals surface area contributed by atoms with Crippen LogP contribution in [-0.2, 0) is 0 Å². The van der Waals surface area contributed by atoms with Crippen molar-refractivity contribution < 1.29 is 9.72 Å². The van der Waals surface area contributed by atoms with E-state index in [1.54, 1.807) is 24.3 Å². The van der Waals surface area contributed by atoms with Gasteiger partial charge >= 0.3 is 0 Å². The molecule has 0 aromatic heterocycles. The number of halogens is 4. The molecule has 1 atom stereocenters. The number of amides is 1. The molecule has 7 nitrogen and oxygen atoms in total. The maximum absolute atomic E-state index is 12.5. The van der Waals surface area contributed by atoms with E-state index in [4.69, 9.17) is 47.0 Å². The highest BCUT2D eigenvalue weighted by Gasteiger charge is 2.36. The quantitative estimate of drug-likeness (QED) is 0.171. The van der Waals surface area contributed by atoms with Crippen LogP contribution in [0.1, 0.15) is 10.4 Å². The lowest BCUT2D eigenvalue weighted by molar-refractivity contribution is -0.385. The van der Waals surface area contributed by atoms with Gasteiger partial charge in [-0.15, -0.1) is 0 Å². The molecule has 28 heavy (non-hydrogen) atoms. The Balaban J connectivity index is 2.14. The number of hydrogen-bond donors (Lipinski definition) is 3. The second-order valence-electron chi connectivity index (χ2n) is 5.33. The Morgan fingerprint density at radius 1 is 1.11 bits per heavy atom. The number of nitrogens with one attached hydrogen (secondary N) is 3. The first kappa shape index (κ1) is 22.6. The van der Waals surface area contributed by atoms with Gasteiger partial charge < -0.3 is 16.0 Å². The Morgan fingerprint density at radius 3 is 2.29 bits per heavy atom. The molecule has 0 aliphatic carbocycles. The number of hydrogen-bond acceptors (Lipinski definition) is 4. The molecule has 0 aliphatic rings. The number of nitro benzene ring substituents is 1. The number of alkyl halides is 3. The number of thiocarbonyl (C=S) groups is 1. The van der Waals surface area contributed by atoms with Gasteiger partial charge in [-0.05, 0) is 42.5 Å². The Bertz CT molecular complexity index is 893. The molecule has 0 saturated heterocycles. The molecule has 0 fully saturated rings.